The SMILES string of the molecule is N=C(N)CC(=O)OCc1cccc(-c2cnc(N3CCC(=NOCc4cn[nH]c4)CC3)nc2)c1F. The van der Waals surface area contributed by atoms with Gasteiger partial charge in [0.25, 0.3) is 0 Å². The first-order valence-corrected chi connectivity index (χ1v) is 11.0. The minimum atomic E-state index is -0.686. The number of anilines is 1. The number of esters is 1. The second-order valence-electron chi connectivity index (χ2n) is 7.94. The molecule has 35 heavy (non-hydrogen) atoms. The lowest BCUT2D eigenvalue weighted by molar-refractivity contribution is -0.143. The van der Waals surface area contributed by atoms with Crippen molar-refractivity contribution >= 4 is 23.5 Å². The Morgan fingerprint density at radius 2 is 1.97 bits per heavy atom. The second kappa shape index (κ2) is 11.2. The van der Waals surface area contributed by atoms with Gasteiger partial charge < -0.3 is 20.2 Å². The number of oxime groups is 1. The first-order chi connectivity index (χ1) is 17.0. The van der Waals surface area contributed by atoms with E-state index < -0.39 is 11.8 Å². The second-order valence-corrected chi connectivity index (χ2v) is 7.94. The standard InChI is InChI=1S/C23H25FN8O3/c24-22-16(14-34-21(33)8-20(25)26)2-1-3-19(22)17-11-27-23(28-12-17)32-6-4-18(5-7-32)31-35-13-15-9-29-30-10-15/h1-3,9-12H,4-8,13-14H2,(H3,25,26)(H,29,30). The van der Waals surface area contributed by atoms with Crippen molar-refractivity contribution in [2.24, 2.45) is 10.9 Å². The summed E-state index contributed by atoms with van der Waals surface area (Å²) in [5.74, 6) is -0.956. The summed E-state index contributed by atoms with van der Waals surface area (Å²) < 4.78 is 20.0. The number of nitrogens with zero attached hydrogens (tertiary/aromatic N) is 5. The maximum atomic E-state index is 15.0. The molecule has 2 aromatic heterocycles. The predicted molar refractivity (Wildman–Crippen MR) is 126 cm³/mol. The van der Waals surface area contributed by atoms with E-state index in [1.807, 2.05) is 4.90 Å². The molecular weight excluding hydrogens is 455 g/mol. The smallest absolute Gasteiger partial charge is 0.313 e. The summed E-state index contributed by atoms with van der Waals surface area (Å²) in [5.41, 5.74) is 8.11. The number of ether oxygens (including phenoxy) is 1. The van der Waals surface area contributed by atoms with Crippen molar-refractivity contribution in [2.45, 2.75) is 32.5 Å². The molecule has 0 saturated carbocycles. The van der Waals surface area contributed by atoms with Gasteiger partial charge in [0, 0.05) is 66.8 Å². The third kappa shape index (κ3) is 6.37. The number of H-pyrrole nitrogens is 1. The van der Waals surface area contributed by atoms with E-state index in [2.05, 4.69) is 25.3 Å². The van der Waals surface area contributed by atoms with Crippen LogP contribution in [-0.4, -0.2) is 50.8 Å². The van der Waals surface area contributed by atoms with Gasteiger partial charge in [-0.1, -0.05) is 23.4 Å². The minimum absolute atomic E-state index is 0.210. The summed E-state index contributed by atoms with van der Waals surface area (Å²) in [6.07, 6.45) is 7.73. The van der Waals surface area contributed by atoms with E-state index in [4.69, 9.17) is 20.7 Å². The van der Waals surface area contributed by atoms with Gasteiger partial charge in [0.05, 0.1) is 11.9 Å². The van der Waals surface area contributed by atoms with Crippen LogP contribution in [0.5, 0.6) is 0 Å². The van der Waals surface area contributed by atoms with Gasteiger partial charge in [-0.2, -0.15) is 5.10 Å². The van der Waals surface area contributed by atoms with Crippen molar-refractivity contribution in [1.82, 2.24) is 20.2 Å². The molecule has 1 aromatic carbocycles. The Morgan fingerprint density at radius 3 is 2.66 bits per heavy atom. The fraction of sp³-hybridized carbons (Fsp3) is 0.304. The summed E-state index contributed by atoms with van der Waals surface area (Å²) in [7, 11) is 0. The number of halogens is 1. The van der Waals surface area contributed by atoms with E-state index in [9.17, 15) is 4.79 Å². The maximum Gasteiger partial charge on any atom is 0.313 e. The third-order valence-electron chi connectivity index (χ3n) is 5.35. The van der Waals surface area contributed by atoms with E-state index >= 15 is 4.39 Å². The van der Waals surface area contributed by atoms with Gasteiger partial charge in [-0.3, -0.25) is 15.3 Å². The van der Waals surface area contributed by atoms with Crippen molar-refractivity contribution < 1.29 is 18.8 Å². The highest BCUT2D eigenvalue weighted by Crippen LogP contribution is 2.26. The average molecular weight is 481 g/mol. The zero-order valence-corrected chi connectivity index (χ0v) is 18.9. The highest BCUT2D eigenvalue weighted by atomic mass is 19.1. The van der Waals surface area contributed by atoms with E-state index in [0.29, 0.717) is 36.8 Å². The molecule has 4 N–H and O–H groups in total. The lowest BCUT2D eigenvalue weighted by atomic mass is 10.0. The summed E-state index contributed by atoms with van der Waals surface area (Å²) in [5, 5.41) is 17.9. The molecular formula is C23H25FN8O3. The topological polar surface area (TPSA) is 155 Å². The lowest BCUT2D eigenvalue weighted by Crippen LogP contribution is -2.35. The molecule has 3 aromatic rings. The number of carbonyl (C=O) groups is 1. The summed E-state index contributed by atoms with van der Waals surface area (Å²) >= 11 is 0. The van der Waals surface area contributed by atoms with Crippen molar-refractivity contribution in [2.75, 3.05) is 18.0 Å². The number of carbonyl (C=O) groups excluding carboxylic acids is 1. The van der Waals surface area contributed by atoms with Gasteiger partial charge in [0.15, 0.2) is 0 Å². The quantitative estimate of drug-likeness (QED) is 0.183. The van der Waals surface area contributed by atoms with Crippen LogP contribution in [0.3, 0.4) is 0 Å². The molecule has 0 spiro atoms. The van der Waals surface area contributed by atoms with Gasteiger partial charge in [0.2, 0.25) is 5.95 Å². The van der Waals surface area contributed by atoms with Crippen LogP contribution in [0.2, 0.25) is 0 Å². The molecule has 0 radical (unpaired) electrons. The molecule has 0 amide bonds. The third-order valence-corrected chi connectivity index (χ3v) is 5.35. The molecule has 0 atom stereocenters. The minimum Gasteiger partial charge on any atom is -0.460 e. The number of piperidine rings is 1. The Morgan fingerprint density at radius 1 is 1.20 bits per heavy atom. The molecule has 1 fully saturated rings. The van der Waals surface area contributed by atoms with Crippen molar-refractivity contribution in [3.05, 3.63) is 59.9 Å². The summed E-state index contributed by atoms with van der Waals surface area (Å²) in [6.45, 7) is 1.51. The van der Waals surface area contributed by atoms with Crippen LogP contribution in [0, 0.1) is 11.2 Å². The molecule has 11 nitrogen and oxygen atoms in total. The van der Waals surface area contributed by atoms with Crippen LogP contribution in [-0.2, 0) is 27.6 Å². The predicted octanol–water partition coefficient (Wildman–Crippen LogP) is 2.55. The number of aromatic nitrogens is 4. The molecule has 0 aliphatic carbocycles. The summed E-state index contributed by atoms with van der Waals surface area (Å²) in [4.78, 5) is 27.9. The zero-order chi connectivity index (χ0) is 24.6. The number of hydrogen-bond acceptors (Lipinski definition) is 9. The molecule has 3 heterocycles. The molecule has 1 saturated heterocycles. The van der Waals surface area contributed by atoms with Crippen LogP contribution in [0.4, 0.5) is 10.3 Å². The summed E-state index contributed by atoms with van der Waals surface area (Å²) in [6, 6.07) is 4.81. The Bertz CT molecular complexity index is 1190. The highest BCUT2D eigenvalue weighted by Gasteiger charge is 2.19. The lowest BCUT2D eigenvalue weighted by Gasteiger charge is -2.27. The number of hydrogen-bond donors (Lipinski definition) is 3. The number of nitrogens with two attached hydrogens (primary N) is 1. The van der Waals surface area contributed by atoms with Crippen LogP contribution in [0.15, 0.2) is 48.1 Å². The van der Waals surface area contributed by atoms with Gasteiger partial charge in [-0.15, -0.1) is 0 Å². The van der Waals surface area contributed by atoms with E-state index in [1.165, 1.54) is 6.07 Å². The van der Waals surface area contributed by atoms with Crippen molar-refractivity contribution in [1.29, 1.82) is 5.41 Å². The van der Waals surface area contributed by atoms with E-state index in [-0.39, 0.29) is 24.4 Å². The van der Waals surface area contributed by atoms with E-state index in [1.54, 1.807) is 36.9 Å². The molecule has 182 valence electrons. The van der Waals surface area contributed by atoms with E-state index in [0.717, 1.165) is 24.1 Å². The molecule has 0 unspecified atom stereocenters. The monoisotopic (exact) mass is 480 g/mol. The largest absolute Gasteiger partial charge is 0.460 e. The molecule has 0 bridgehead atoms. The Hall–Kier alpha value is -4.35. The Balaban J connectivity index is 1.33. The van der Waals surface area contributed by atoms with Gasteiger partial charge in [-0.05, 0) is 0 Å². The van der Waals surface area contributed by atoms with Gasteiger partial charge in [-0.25, -0.2) is 14.4 Å². The molecule has 1 aliphatic heterocycles. The number of aromatic amines is 1. The van der Waals surface area contributed by atoms with Crippen molar-refractivity contribution in [3.8, 4) is 11.1 Å². The van der Waals surface area contributed by atoms with Crippen LogP contribution < -0.4 is 10.6 Å². The normalized spacial score (nSPS) is 13.4. The molecule has 4 rings (SSSR count). The highest BCUT2D eigenvalue weighted by molar-refractivity contribution is 5.94. The first kappa shape index (κ1) is 23.8. The fourth-order valence-electron chi connectivity index (χ4n) is 3.51. The number of benzene rings is 1. The van der Waals surface area contributed by atoms with Crippen LogP contribution in [0.25, 0.3) is 11.1 Å². The Labute approximate surface area is 200 Å². The fourth-order valence-corrected chi connectivity index (χ4v) is 3.51. The first-order valence-electron chi connectivity index (χ1n) is 11.0. The van der Waals surface area contributed by atoms with Crippen LogP contribution in [0.1, 0.15) is 30.4 Å². The van der Waals surface area contributed by atoms with Gasteiger partial charge >= 0.3 is 5.97 Å². The van der Waals surface area contributed by atoms with Crippen LogP contribution >= 0.6 is 0 Å². The zero-order valence-electron chi connectivity index (χ0n) is 18.9. The Kier molecular flexibility index (Phi) is 7.60. The van der Waals surface area contributed by atoms with Crippen molar-refractivity contribution in [3.63, 3.8) is 0 Å². The number of rotatable bonds is 9. The number of amidine groups is 1. The maximum absolute atomic E-state index is 15.0. The molecule has 12 heteroatoms. The average Bonchev–Trinajstić information content (AvgIpc) is 3.37. The van der Waals surface area contributed by atoms with Gasteiger partial charge in [0.1, 0.15) is 31.3 Å². The molecule has 1 aliphatic rings. The number of nitrogens with one attached hydrogen (secondary N) is 2.